The molecule has 0 saturated heterocycles. The molecule has 0 unspecified atom stereocenters. The Morgan fingerprint density at radius 1 is 1.27 bits per heavy atom. The van der Waals surface area contributed by atoms with Crippen LogP contribution in [-0.4, -0.2) is 27.1 Å². The molecule has 1 N–H and O–H groups in total. The fourth-order valence-electron chi connectivity index (χ4n) is 2.51. The van der Waals surface area contributed by atoms with Gasteiger partial charge in [-0.3, -0.25) is 9.78 Å². The molecule has 0 atom stereocenters. The van der Waals surface area contributed by atoms with Gasteiger partial charge in [0.25, 0.3) is 5.91 Å². The summed E-state index contributed by atoms with van der Waals surface area (Å²) >= 11 is 0. The predicted molar refractivity (Wildman–Crippen MR) is 93.5 cm³/mol. The normalized spacial score (nSPS) is 13.4. The van der Waals surface area contributed by atoms with Crippen molar-refractivity contribution in [1.82, 2.24) is 20.4 Å². The maximum atomic E-state index is 12.0. The molecular weight excluding hydrogens is 332 g/mol. The molecule has 26 heavy (non-hydrogen) atoms. The molecule has 1 fully saturated rings. The third-order valence-corrected chi connectivity index (χ3v) is 4.16. The molecule has 1 aliphatic carbocycles. The number of rotatable bonds is 6. The number of carbonyl (C=O) groups is 1. The SMILES string of the molecule is Cc1onc(-c2ccccn2)c1COc1ccc(C(=O)NC2CC2)nc1. The van der Waals surface area contributed by atoms with Gasteiger partial charge in [-0.25, -0.2) is 4.98 Å². The number of pyridine rings is 2. The Morgan fingerprint density at radius 2 is 2.15 bits per heavy atom. The van der Waals surface area contributed by atoms with Crippen LogP contribution in [0.1, 0.15) is 34.7 Å². The molecule has 7 nitrogen and oxygen atoms in total. The van der Waals surface area contributed by atoms with Gasteiger partial charge in [0.2, 0.25) is 0 Å². The maximum Gasteiger partial charge on any atom is 0.270 e. The third kappa shape index (κ3) is 3.56. The lowest BCUT2D eigenvalue weighted by molar-refractivity contribution is 0.0946. The molecule has 4 rings (SSSR count). The number of ether oxygens (including phenoxy) is 1. The summed E-state index contributed by atoms with van der Waals surface area (Å²) in [4.78, 5) is 20.4. The number of hydrogen-bond donors (Lipinski definition) is 1. The zero-order valence-corrected chi connectivity index (χ0v) is 14.3. The Bertz CT molecular complexity index is 902. The second kappa shape index (κ2) is 6.95. The summed E-state index contributed by atoms with van der Waals surface area (Å²) in [6.45, 7) is 2.11. The van der Waals surface area contributed by atoms with Crippen molar-refractivity contribution in [2.45, 2.75) is 32.4 Å². The molecule has 132 valence electrons. The number of nitrogens with zero attached hydrogens (tertiary/aromatic N) is 3. The van der Waals surface area contributed by atoms with Gasteiger partial charge < -0.3 is 14.6 Å². The molecule has 3 aromatic heterocycles. The Hall–Kier alpha value is -3.22. The molecule has 7 heteroatoms. The lowest BCUT2D eigenvalue weighted by Gasteiger charge is -2.07. The van der Waals surface area contributed by atoms with Gasteiger partial charge in [0.1, 0.15) is 29.5 Å². The summed E-state index contributed by atoms with van der Waals surface area (Å²) in [5, 5.41) is 6.99. The van der Waals surface area contributed by atoms with Crippen molar-refractivity contribution in [2.75, 3.05) is 0 Å². The fourth-order valence-corrected chi connectivity index (χ4v) is 2.51. The Labute approximate surface area is 150 Å². The average molecular weight is 350 g/mol. The first-order valence-electron chi connectivity index (χ1n) is 8.47. The van der Waals surface area contributed by atoms with E-state index >= 15 is 0 Å². The van der Waals surface area contributed by atoms with Crippen molar-refractivity contribution in [1.29, 1.82) is 0 Å². The topological polar surface area (TPSA) is 90.1 Å². The van der Waals surface area contributed by atoms with Crippen LogP contribution in [0, 0.1) is 6.92 Å². The van der Waals surface area contributed by atoms with E-state index in [1.807, 2.05) is 25.1 Å². The van der Waals surface area contributed by atoms with Crippen molar-refractivity contribution in [3.63, 3.8) is 0 Å². The predicted octanol–water partition coefficient (Wildman–Crippen LogP) is 2.91. The van der Waals surface area contributed by atoms with Crippen molar-refractivity contribution in [2.24, 2.45) is 0 Å². The van der Waals surface area contributed by atoms with Gasteiger partial charge in [-0.1, -0.05) is 11.2 Å². The van der Waals surface area contributed by atoms with E-state index in [-0.39, 0.29) is 12.5 Å². The van der Waals surface area contributed by atoms with Gasteiger partial charge >= 0.3 is 0 Å². The van der Waals surface area contributed by atoms with Crippen LogP contribution in [0.3, 0.4) is 0 Å². The fraction of sp³-hybridized carbons (Fsp3) is 0.263. The van der Waals surface area contributed by atoms with Crippen molar-refractivity contribution >= 4 is 5.91 Å². The van der Waals surface area contributed by atoms with Crippen LogP contribution in [0.5, 0.6) is 5.75 Å². The van der Waals surface area contributed by atoms with Gasteiger partial charge in [-0.05, 0) is 44.0 Å². The number of hydrogen-bond acceptors (Lipinski definition) is 6. The molecule has 1 amide bonds. The van der Waals surface area contributed by atoms with E-state index in [0.29, 0.717) is 28.9 Å². The first-order valence-corrected chi connectivity index (χ1v) is 8.47. The Morgan fingerprint density at radius 3 is 2.85 bits per heavy atom. The molecule has 3 heterocycles. The molecule has 0 aliphatic heterocycles. The van der Waals surface area contributed by atoms with Gasteiger partial charge in [0.15, 0.2) is 0 Å². The highest BCUT2D eigenvalue weighted by atomic mass is 16.5. The standard InChI is InChI=1S/C19H18N4O3/c1-12-15(18(23-26-12)16-4-2-3-9-20-16)11-25-14-7-8-17(21-10-14)19(24)22-13-5-6-13/h2-4,7-10,13H,5-6,11H2,1H3,(H,22,24). The minimum absolute atomic E-state index is 0.147. The summed E-state index contributed by atoms with van der Waals surface area (Å²) in [6, 6.07) is 9.31. The van der Waals surface area contributed by atoms with Crippen LogP contribution in [0.25, 0.3) is 11.4 Å². The zero-order valence-electron chi connectivity index (χ0n) is 14.3. The smallest absolute Gasteiger partial charge is 0.270 e. The molecular formula is C19H18N4O3. The number of amides is 1. The van der Waals surface area contributed by atoms with Crippen molar-refractivity contribution in [3.8, 4) is 17.1 Å². The highest BCUT2D eigenvalue weighted by molar-refractivity contribution is 5.92. The molecule has 0 radical (unpaired) electrons. The average Bonchev–Trinajstić information content (AvgIpc) is 3.41. The molecule has 3 aromatic rings. The Kier molecular flexibility index (Phi) is 4.35. The zero-order chi connectivity index (χ0) is 17.9. The summed E-state index contributed by atoms with van der Waals surface area (Å²) in [7, 11) is 0. The highest BCUT2D eigenvalue weighted by Gasteiger charge is 2.24. The minimum Gasteiger partial charge on any atom is -0.487 e. The first-order chi connectivity index (χ1) is 12.7. The van der Waals surface area contributed by atoms with Crippen LogP contribution in [0.15, 0.2) is 47.2 Å². The number of nitrogens with one attached hydrogen (secondary N) is 1. The molecule has 0 bridgehead atoms. The van der Waals surface area contributed by atoms with Gasteiger partial charge in [-0.2, -0.15) is 0 Å². The number of carbonyl (C=O) groups excluding carboxylic acids is 1. The molecule has 1 saturated carbocycles. The van der Waals surface area contributed by atoms with Gasteiger partial charge in [0, 0.05) is 12.2 Å². The van der Waals surface area contributed by atoms with E-state index in [0.717, 1.165) is 24.1 Å². The maximum absolute atomic E-state index is 12.0. The number of aryl methyl sites for hydroxylation is 1. The highest BCUT2D eigenvalue weighted by Crippen LogP contribution is 2.25. The lowest BCUT2D eigenvalue weighted by atomic mass is 10.1. The van der Waals surface area contributed by atoms with E-state index in [9.17, 15) is 4.79 Å². The van der Waals surface area contributed by atoms with Crippen LogP contribution < -0.4 is 10.1 Å². The monoisotopic (exact) mass is 350 g/mol. The van der Waals surface area contributed by atoms with E-state index in [1.54, 1.807) is 24.5 Å². The summed E-state index contributed by atoms with van der Waals surface area (Å²) in [5.41, 5.74) is 2.61. The number of aromatic nitrogens is 3. The van der Waals surface area contributed by atoms with Crippen LogP contribution in [-0.2, 0) is 6.61 Å². The van der Waals surface area contributed by atoms with Crippen molar-refractivity contribution < 1.29 is 14.1 Å². The van der Waals surface area contributed by atoms with Crippen molar-refractivity contribution in [3.05, 3.63) is 59.7 Å². The third-order valence-electron chi connectivity index (χ3n) is 4.16. The van der Waals surface area contributed by atoms with E-state index in [4.69, 9.17) is 9.26 Å². The van der Waals surface area contributed by atoms with E-state index < -0.39 is 0 Å². The second-order valence-corrected chi connectivity index (χ2v) is 6.20. The largest absolute Gasteiger partial charge is 0.487 e. The van der Waals surface area contributed by atoms with E-state index in [1.165, 1.54) is 0 Å². The van der Waals surface area contributed by atoms with Crippen LogP contribution in [0.2, 0.25) is 0 Å². The molecule has 0 spiro atoms. The summed E-state index contributed by atoms with van der Waals surface area (Å²) in [5.74, 6) is 1.10. The molecule has 0 aromatic carbocycles. The first kappa shape index (κ1) is 16.3. The van der Waals surface area contributed by atoms with Gasteiger partial charge in [-0.15, -0.1) is 0 Å². The minimum atomic E-state index is -0.147. The Balaban J connectivity index is 1.44. The summed E-state index contributed by atoms with van der Waals surface area (Å²) < 4.78 is 11.1. The van der Waals surface area contributed by atoms with Crippen LogP contribution in [0.4, 0.5) is 0 Å². The molecule has 1 aliphatic rings. The lowest BCUT2D eigenvalue weighted by Crippen LogP contribution is -2.26. The van der Waals surface area contributed by atoms with Crippen LogP contribution >= 0.6 is 0 Å². The van der Waals surface area contributed by atoms with Gasteiger partial charge in [0.05, 0.1) is 17.5 Å². The van der Waals surface area contributed by atoms with E-state index in [2.05, 4.69) is 20.4 Å². The quantitative estimate of drug-likeness (QED) is 0.735. The summed E-state index contributed by atoms with van der Waals surface area (Å²) in [6.07, 6.45) is 5.34. The second-order valence-electron chi connectivity index (χ2n) is 6.20.